The third-order valence-corrected chi connectivity index (χ3v) is 7.75. The van der Waals surface area contributed by atoms with Gasteiger partial charge in [-0.1, -0.05) is 72.8 Å². The molecule has 0 aliphatic heterocycles. The highest BCUT2D eigenvalue weighted by Gasteiger charge is 2.17. The zero-order valence-electron chi connectivity index (χ0n) is 24.3. The maximum absolute atomic E-state index is 13.5. The van der Waals surface area contributed by atoms with Crippen LogP contribution >= 0.6 is 11.8 Å². The molecule has 224 valence electrons. The Labute approximate surface area is 264 Å². The number of nitrogens with one attached hydrogen (secondary N) is 3. The molecule has 8 nitrogen and oxygen atoms in total. The van der Waals surface area contributed by atoms with Gasteiger partial charge in [0.05, 0.1) is 24.1 Å². The van der Waals surface area contributed by atoms with Gasteiger partial charge in [-0.25, -0.2) is 4.79 Å². The van der Waals surface area contributed by atoms with Gasteiger partial charge in [0.2, 0.25) is 5.91 Å². The normalized spacial score (nSPS) is 11.0. The summed E-state index contributed by atoms with van der Waals surface area (Å²) in [5, 5.41) is 10.3. The molecule has 45 heavy (non-hydrogen) atoms. The van der Waals surface area contributed by atoms with Crippen molar-refractivity contribution < 1.29 is 23.9 Å². The summed E-state index contributed by atoms with van der Waals surface area (Å²) >= 11 is 1.30. The molecule has 9 heteroatoms. The Bertz CT molecular complexity index is 1880. The Kier molecular flexibility index (Phi) is 10.0. The van der Waals surface area contributed by atoms with Crippen LogP contribution in [0.5, 0.6) is 0 Å². The lowest BCUT2D eigenvalue weighted by Crippen LogP contribution is -2.30. The molecule has 5 aromatic carbocycles. The highest BCUT2D eigenvalue weighted by molar-refractivity contribution is 8.00. The fraction of sp³-hybridized carbons (Fsp3) is 0.0556. The first-order chi connectivity index (χ1) is 21.9. The highest BCUT2D eigenvalue weighted by atomic mass is 32.2. The monoisotopic (exact) mass is 615 g/mol. The van der Waals surface area contributed by atoms with Crippen LogP contribution in [-0.2, 0) is 14.3 Å². The third kappa shape index (κ3) is 8.04. The highest BCUT2D eigenvalue weighted by Crippen LogP contribution is 2.24. The molecular weight excluding hydrogens is 586 g/mol. The quantitative estimate of drug-likeness (QED) is 0.0908. The second-order valence-corrected chi connectivity index (χ2v) is 10.8. The summed E-state index contributed by atoms with van der Waals surface area (Å²) in [6.07, 6.45) is 1.67. The SMILES string of the molecule is COC(=O)c1ccccc1NC(=O)CSc1ccc(NC(=O)/C(=C/c2cccc3ccccc23)NC(=O)c2ccccc2)cc1. The van der Waals surface area contributed by atoms with Crippen LogP contribution in [0.4, 0.5) is 11.4 Å². The molecule has 0 spiro atoms. The number of esters is 1. The fourth-order valence-electron chi connectivity index (χ4n) is 4.52. The number of methoxy groups -OCH3 is 1. The number of hydrogen-bond donors (Lipinski definition) is 3. The molecule has 0 heterocycles. The van der Waals surface area contributed by atoms with Crippen LogP contribution in [0.3, 0.4) is 0 Å². The van der Waals surface area contributed by atoms with Crippen molar-refractivity contribution in [1.29, 1.82) is 0 Å². The summed E-state index contributed by atoms with van der Waals surface area (Å²) < 4.78 is 4.78. The van der Waals surface area contributed by atoms with E-state index in [1.54, 1.807) is 78.9 Å². The van der Waals surface area contributed by atoms with Gasteiger partial charge in [0.1, 0.15) is 5.70 Å². The lowest BCUT2D eigenvalue weighted by Gasteiger charge is -2.13. The number of anilines is 2. The van der Waals surface area contributed by atoms with Gasteiger partial charge in [-0.2, -0.15) is 0 Å². The van der Waals surface area contributed by atoms with E-state index in [1.807, 2.05) is 48.5 Å². The molecule has 0 aliphatic rings. The number of carbonyl (C=O) groups is 4. The Morgan fingerprint density at radius 1 is 0.733 bits per heavy atom. The van der Waals surface area contributed by atoms with Gasteiger partial charge in [0, 0.05) is 16.1 Å². The van der Waals surface area contributed by atoms with Crippen molar-refractivity contribution in [3.8, 4) is 0 Å². The maximum atomic E-state index is 13.5. The minimum absolute atomic E-state index is 0.0857. The molecule has 0 aliphatic carbocycles. The summed E-state index contributed by atoms with van der Waals surface area (Å²) in [7, 11) is 1.28. The average Bonchev–Trinajstić information content (AvgIpc) is 3.08. The number of amides is 3. The van der Waals surface area contributed by atoms with E-state index >= 15 is 0 Å². The molecule has 0 saturated heterocycles. The van der Waals surface area contributed by atoms with Crippen molar-refractivity contribution in [2.75, 3.05) is 23.5 Å². The number of ether oxygens (including phenoxy) is 1. The van der Waals surface area contributed by atoms with Crippen molar-refractivity contribution in [3.05, 3.63) is 144 Å². The molecule has 0 radical (unpaired) electrons. The predicted molar refractivity (Wildman–Crippen MR) is 178 cm³/mol. The van der Waals surface area contributed by atoms with Gasteiger partial charge < -0.3 is 20.7 Å². The van der Waals surface area contributed by atoms with Crippen LogP contribution in [-0.4, -0.2) is 36.6 Å². The van der Waals surface area contributed by atoms with Gasteiger partial charge in [-0.05, 0) is 70.9 Å². The molecule has 3 amide bonds. The number of fused-ring (bicyclic) bond motifs is 1. The minimum Gasteiger partial charge on any atom is -0.465 e. The van der Waals surface area contributed by atoms with E-state index in [4.69, 9.17) is 4.74 Å². The standard InChI is InChI=1S/C36H29N3O5S/c1-44-36(43)30-16-7-8-17-31(30)38-33(40)23-45-28-20-18-27(19-21-28)37-35(42)32(39-34(41)25-11-3-2-4-12-25)22-26-14-9-13-24-10-5-6-15-29(24)26/h2-22H,23H2,1H3,(H,37,42)(H,38,40)(H,39,41)/b32-22-. The van der Waals surface area contributed by atoms with Gasteiger partial charge in [0.25, 0.3) is 11.8 Å². The molecule has 0 saturated carbocycles. The Morgan fingerprint density at radius 2 is 1.42 bits per heavy atom. The first-order valence-corrected chi connectivity index (χ1v) is 15.0. The largest absolute Gasteiger partial charge is 0.465 e. The predicted octanol–water partition coefficient (Wildman–Crippen LogP) is 6.77. The number of thioether (sulfide) groups is 1. The second kappa shape index (κ2) is 14.7. The van der Waals surface area contributed by atoms with Crippen LogP contribution in [0.15, 0.2) is 132 Å². The van der Waals surface area contributed by atoms with Crippen molar-refractivity contribution in [2.24, 2.45) is 0 Å². The second-order valence-electron chi connectivity index (χ2n) is 9.80. The average molecular weight is 616 g/mol. The smallest absolute Gasteiger partial charge is 0.339 e. The summed E-state index contributed by atoms with van der Waals surface area (Å²) in [5.74, 6) is -1.62. The number of hydrogen-bond acceptors (Lipinski definition) is 6. The van der Waals surface area contributed by atoms with Gasteiger partial charge in [-0.15, -0.1) is 11.8 Å². The van der Waals surface area contributed by atoms with Crippen molar-refractivity contribution in [3.63, 3.8) is 0 Å². The summed E-state index contributed by atoms with van der Waals surface area (Å²) in [6.45, 7) is 0. The zero-order valence-corrected chi connectivity index (χ0v) is 25.1. The third-order valence-electron chi connectivity index (χ3n) is 6.74. The van der Waals surface area contributed by atoms with E-state index in [-0.39, 0.29) is 22.9 Å². The van der Waals surface area contributed by atoms with E-state index in [1.165, 1.54) is 18.9 Å². The fourth-order valence-corrected chi connectivity index (χ4v) is 5.22. The van der Waals surface area contributed by atoms with Crippen molar-refractivity contribution in [2.45, 2.75) is 4.90 Å². The van der Waals surface area contributed by atoms with Crippen LogP contribution < -0.4 is 16.0 Å². The summed E-state index contributed by atoms with van der Waals surface area (Å²) in [4.78, 5) is 51.9. The molecule has 3 N–H and O–H groups in total. The number of carbonyl (C=O) groups excluding carboxylic acids is 4. The topological polar surface area (TPSA) is 114 Å². The summed E-state index contributed by atoms with van der Waals surface area (Å²) in [5.41, 5.74) is 2.45. The van der Waals surface area contributed by atoms with Gasteiger partial charge >= 0.3 is 5.97 Å². The van der Waals surface area contributed by atoms with E-state index in [0.29, 0.717) is 16.9 Å². The van der Waals surface area contributed by atoms with Crippen LogP contribution in [0.1, 0.15) is 26.3 Å². The van der Waals surface area contributed by atoms with Crippen LogP contribution in [0, 0.1) is 0 Å². The molecule has 0 bridgehead atoms. The van der Waals surface area contributed by atoms with Crippen LogP contribution in [0.25, 0.3) is 16.8 Å². The lowest BCUT2D eigenvalue weighted by atomic mass is 10.0. The van der Waals surface area contributed by atoms with E-state index < -0.39 is 17.8 Å². The van der Waals surface area contributed by atoms with Crippen molar-refractivity contribution >= 4 is 63.7 Å². The van der Waals surface area contributed by atoms with Crippen LogP contribution in [0.2, 0.25) is 0 Å². The Hall–Kier alpha value is -5.67. The minimum atomic E-state index is -0.536. The summed E-state index contributed by atoms with van der Waals surface area (Å²) in [6, 6.07) is 35.9. The molecule has 5 aromatic rings. The molecular formula is C36H29N3O5S. The molecule has 0 unspecified atom stereocenters. The van der Waals surface area contributed by atoms with Gasteiger partial charge in [-0.3, -0.25) is 14.4 Å². The Morgan fingerprint density at radius 3 is 2.20 bits per heavy atom. The van der Waals surface area contributed by atoms with Gasteiger partial charge in [0.15, 0.2) is 0 Å². The first kappa shape index (κ1) is 30.8. The number of para-hydroxylation sites is 1. The lowest BCUT2D eigenvalue weighted by molar-refractivity contribution is -0.114. The molecule has 0 atom stereocenters. The van der Waals surface area contributed by atoms with E-state index in [0.717, 1.165) is 21.2 Å². The number of benzene rings is 5. The van der Waals surface area contributed by atoms with E-state index in [9.17, 15) is 19.2 Å². The van der Waals surface area contributed by atoms with E-state index in [2.05, 4.69) is 16.0 Å². The first-order valence-electron chi connectivity index (χ1n) is 14.0. The molecule has 5 rings (SSSR count). The molecule has 0 aromatic heterocycles. The number of rotatable bonds is 10. The maximum Gasteiger partial charge on any atom is 0.339 e. The zero-order chi connectivity index (χ0) is 31.6. The Balaban J connectivity index is 1.27. The van der Waals surface area contributed by atoms with Crippen molar-refractivity contribution in [1.82, 2.24) is 5.32 Å². The molecule has 0 fully saturated rings.